The summed E-state index contributed by atoms with van der Waals surface area (Å²) in [6.45, 7) is 1.45. The summed E-state index contributed by atoms with van der Waals surface area (Å²) in [5.74, 6) is 0.416. The molecule has 9 nitrogen and oxygen atoms in total. The molecule has 2 N–H and O–H groups in total. The molecule has 0 aromatic carbocycles. The SMILES string of the molecule is Cn1cc(-c2nn(C3CCN(C#N)CC3)c3ncnc(N)c23)cn1. The molecule has 9 heteroatoms. The van der Waals surface area contributed by atoms with Gasteiger partial charge in [0.15, 0.2) is 11.8 Å². The first-order valence-corrected chi connectivity index (χ1v) is 7.79. The smallest absolute Gasteiger partial charge is 0.179 e. The number of hydrogen-bond donors (Lipinski definition) is 1. The van der Waals surface area contributed by atoms with Crippen molar-refractivity contribution in [3.63, 3.8) is 0 Å². The maximum absolute atomic E-state index is 9.02. The van der Waals surface area contributed by atoms with Crippen molar-refractivity contribution in [2.75, 3.05) is 18.8 Å². The predicted octanol–water partition coefficient (Wildman–Crippen LogP) is 0.927. The molecule has 1 saturated heterocycles. The lowest BCUT2D eigenvalue weighted by molar-refractivity contribution is 0.245. The lowest BCUT2D eigenvalue weighted by Gasteiger charge is -2.28. The van der Waals surface area contributed by atoms with E-state index in [1.54, 1.807) is 15.8 Å². The van der Waals surface area contributed by atoms with E-state index in [1.807, 2.05) is 17.9 Å². The second-order valence-electron chi connectivity index (χ2n) is 5.97. The largest absolute Gasteiger partial charge is 0.383 e. The third-order valence-corrected chi connectivity index (χ3v) is 4.45. The molecular weight excluding hydrogens is 306 g/mol. The van der Waals surface area contributed by atoms with E-state index < -0.39 is 0 Å². The standard InChI is InChI=1S/C15H17N9/c1-22-7-10(6-20-22)13-12-14(17)18-9-19-15(12)24(21-13)11-2-4-23(8-16)5-3-11/h6-7,9,11H,2-5H2,1H3,(H2,17,18,19). The number of hydrogen-bond acceptors (Lipinski definition) is 7. The Balaban J connectivity index is 1.83. The number of nitrogen functional groups attached to an aromatic ring is 1. The molecule has 1 aliphatic heterocycles. The topological polar surface area (TPSA) is 114 Å². The molecule has 3 aromatic rings. The first-order valence-electron chi connectivity index (χ1n) is 7.79. The van der Waals surface area contributed by atoms with E-state index in [-0.39, 0.29) is 6.04 Å². The maximum atomic E-state index is 9.02. The van der Waals surface area contributed by atoms with Gasteiger partial charge in [0.1, 0.15) is 17.8 Å². The van der Waals surface area contributed by atoms with E-state index in [4.69, 9.17) is 16.1 Å². The van der Waals surface area contributed by atoms with Crippen LogP contribution in [0.25, 0.3) is 22.3 Å². The molecule has 0 unspecified atom stereocenters. The van der Waals surface area contributed by atoms with Crippen LogP contribution in [0, 0.1) is 11.5 Å². The van der Waals surface area contributed by atoms with Gasteiger partial charge in [0, 0.05) is 31.9 Å². The number of aryl methyl sites for hydroxylation is 1. The van der Waals surface area contributed by atoms with Gasteiger partial charge < -0.3 is 10.6 Å². The molecule has 0 atom stereocenters. The summed E-state index contributed by atoms with van der Waals surface area (Å²) in [5.41, 5.74) is 8.47. The van der Waals surface area contributed by atoms with E-state index >= 15 is 0 Å². The van der Waals surface area contributed by atoms with E-state index in [0.29, 0.717) is 5.82 Å². The normalized spacial score (nSPS) is 15.8. The van der Waals surface area contributed by atoms with Crippen molar-refractivity contribution >= 4 is 16.9 Å². The Morgan fingerprint density at radius 3 is 2.75 bits per heavy atom. The van der Waals surface area contributed by atoms with Gasteiger partial charge in [-0.3, -0.25) is 4.68 Å². The summed E-state index contributed by atoms with van der Waals surface area (Å²) in [5, 5.41) is 18.8. The van der Waals surface area contributed by atoms with Gasteiger partial charge in [0.2, 0.25) is 0 Å². The highest BCUT2D eigenvalue weighted by atomic mass is 15.3. The Kier molecular flexibility index (Phi) is 3.30. The van der Waals surface area contributed by atoms with Crippen LogP contribution < -0.4 is 5.73 Å². The fourth-order valence-electron chi connectivity index (χ4n) is 3.21. The van der Waals surface area contributed by atoms with E-state index in [2.05, 4.69) is 21.3 Å². The first kappa shape index (κ1) is 14.4. The molecule has 0 radical (unpaired) electrons. The molecule has 0 amide bonds. The van der Waals surface area contributed by atoms with Gasteiger partial charge in [-0.1, -0.05) is 0 Å². The number of rotatable bonds is 2. The van der Waals surface area contributed by atoms with Crippen molar-refractivity contribution in [3.8, 4) is 17.5 Å². The lowest BCUT2D eigenvalue weighted by Crippen LogP contribution is -2.31. The van der Waals surface area contributed by atoms with Gasteiger partial charge in [0.25, 0.3) is 0 Å². The average Bonchev–Trinajstić information content (AvgIpc) is 3.19. The van der Waals surface area contributed by atoms with Crippen molar-refractivity contribution in [1.29, 1.82) is 5.26 Å². The van der Waals surface area contributed by atoms with E-state index in [1.165, 1.54) is 6.33 Å². The van der Waals surface area contributed by atoms with Gasteiger partial charge in [-0.15, -0.1) is 0 Å². The van der Waals surface area contributed by atoms with Gasteiger partial charge >= 0.3 is 0 Å². The van der Waals surface area contributed by atoms with Crippen LogP contribution in [0.3, 0.4) is 0 Å². The predicted molar refractivity (Wildman–Crippen MR) is 87.4 cm³/mol. The van der Waals surface area contributed by atoms with Crippen LogP contribution in [-0.4, -0.2) is 47.5 Å². The Labute approximate surface area is 138 Å². The molecule has 4 rings (SSSR count). The molecule has 1 aliphatic rings. The quantitative estimate of drug-likeness (QED) is 0.697. The minimum atomic E-state index is 0.192. The molecule has 0 saturated carbocycles. The molecule has 122 valence electrons. The fraction of sp³-hybridized carbons (Fsp3) is 0.400. The molecule has 0 spiro atoms. The number of piperidine rings is 1. The second-order valence-corrected chi connectivity index (χ2v) is 5.97. The summed E-state index contributed by atoms with van der Waals surface area (Å²) < 4.78 is 3.66. The van der Waals surface area contributed by atoms with E-state index in [0.717, 1.165) is 48.2 Å². The number of nitrogens with two attached hydrogens (primary N) is 1. The van der Waals surface area contributed by atoms with Crippen molar-refractivity contribution < 1.29 is 0 Å². The number of fused-ring (bicyclic) bond motifs is 1. The third-order valence-electron chi connectivity index (χ3n) is 4.45. The summed E-state index contributed by atoms with van der Waals surface area (Å²) in [7, 11) is 1.86. The van der Waals surface area contributed by atoms with Crippen LogP contribution in [-0.2, 0) is 7.05 Å². The zero-order chi connectivity index (χ0) is 16.7. The van der Waals surface area contributed by atoms with Crippen LogP contribution in [0.2, 0.25) is 0 Å². The Bertz CT molecular complexity index is 924. The Hall–Kier alpha value is -3.15. The average molecular weight is 323 g/mol. The van der Waals surface area contributed by atoms with Crippen LogP contribution in [0.1, 0.15) is 18.9 Å². The molecule has 24 heavy (non-hydrogen) atoms. The lowest BCUT2D eigenvalue weighted by atomic mass is 10.1. The number of nitrogens with zero attached hydrogens (tertiary/aromatic N) is 8. The minimum Gasteiger partial charge on any atom is -0.383 e. The molecule has 4 heterocycles. The maximum Gasteiger partial charge on any atom is 0.179 e. The number of anilines is 1. The van der Waals surface area contributed by atoms with Crippen molar-refractivity contribution in [2.24, 2.45) is 7.05 Å². The molecule has 0 aliphatic carbocycles. The first-order chi connectivity index (χ1) is 11.7. The van der Waals surface area contributed by atoms with Crippen LogP contribution >= 0.6 is 0 Å². The highest BCUT2D eigenvalue weighted by Crippen LogP contribution is 2.33. The zero-order valence-corrected chi connectivity index (χ0v) is 13.3. The zero-order valence-electron chi connectivity index (χ0n) is 13.3. The summed E-state index contributed by atoms with van der Waals surface area (Å²) >= 11 is 0. The molecule has 1 fully saturated rings. The number of likely N-dealkylation sites (tertiary alicyclic amines) is 1. The summed E-state index contributed by atoms with van der Waals surface area (Å²) in [6, 6.07) is 0.192. The Morgan fingerprint density at radius 2 is 2.08 bits per heavy atom. The molecule has 3 aromatic heterocycles. The van der Waals surface area contributed by atoms with Gasteiger partial charge in [0.05, 0.1) is 17.6 Å². The molecular formula is C15H17N9. The number of nitriles is 1. The highest BCUT2D eigenvalue weighted by Gasteiger charge is 2.25. The fourth-order valence-corrected chi connectivity index (χ4v) is 3.21. The summed E-state index contributed by atoms with van der Waals surface area (Å²) in [4.78, 5) is 10.3. The highest BCUT2D eigenvalue weighted by molar-refractivity contribution is 5.98. The van der Waals surface area contributed by atoms with Gasteiger partial charge in [-0.2, -0.15) is 15.5 Å². The minimum absolute atomic E-state index is 0.192. The van der Waals surface area contributed by atoms with Crippen molar-refractivity contribution in [1.82, 2.24) is 34.4 Å². The number of aromatic nitrogens is 6. The van der Waals surface area contributed by atoms with Crippen molar-refractivity contribution in [3.05, 3.63) is 18.7 Å². The van der Waals surface area contributed by atoms with Crippen LogP contribution in [0.4, 0.5) is 5.82 Å². The van der Waals surface area contributed by atoms with Crippen molar-refractivity contribution in [2.45, 2.75) is 18.9 Å². The Morgan fingerprint density at radius 1 is 1.29 bits per heavy atom. The third kappa shape index (κ3) is 2.23. The van der Waals surface area contributed by atoms with Gasteiger partial charge in [-0.05, 0) is 12.8 Å². The second kappa shape index (κ2) is 5.49. The van der Waals surface area contributed by atoms with Crippen LogP contribution in [0.5, 0.6) is 0 Å². The monoisotopic (exact) mass is 323 g/mol. The van der Waals surface area contributed by atoms with E-state index in [9.17, 15) is 0 Å². The summed E-state index contributed by atoms with van der Waals surface area (Å²) in [6.07, 6.45) is 9.02. The van der Waals surface area contributed by atoms with Gasteiger partial charge in [-0.25, -0.2) is 14.6 Å². The van der Waals surface area contributed by atoms with Crippen LogP contribution in [0.15, 0.2) is 18.7 Å². The molecule has 0 bridgehead atoms.